The highest BCUT2D eigenvalue weighted by Crippen LogP contribution is 2.18. The lowest BCUT2D eigenvalue weighted by Crippen LogP contribution is -2.06. The van der Waals surface area contributed by atoms with Crippen molar-refractivity contribution in [2.45, 2.75) is 20.3 Å². The topological polar surface area (TPSA) is 30.0 Å². The molecule has 0 unspecified atom stereocenters. The molecule has 0 N–H and O–H groups in total. The van der Waals surface area contributed by atoms with Crippen molar-refractivity contribution in [2.75, 3.05) is 0 Å². The maximum absolute atomic E-state index is 12.3. The average Bonchev–Trinajstić information content (AvgIpc) is 2.35. The number of aromatic nitrogens is 1. The summed E-state index contributed by atoms with van der Waals surface area (Å²) in [6, 6.07) is 7.68. The van der Waals surface area contributed by atoms with Gasteiger partial charge in [0.25, 0.3) is 0 Å². The van der Waals surface area contributed by atoms with E-state index in [1.807, 2.05) is 32.0 Å². The van der Waals surface area contributed by atoms with Crippen LogP contribution in [0.4, 0.5) is 0 Å². The molecule has 1 aromatic carbocycles. The molecule has 0 aliphatic rings. The van der Waals surface area contributed by atoms with Gasteiger partial charge in [0.05, 0.1) is 5.02 Å². The minimum atomic E-state index is 0.0873. The third-order valence-electron chi connectivity index (χ3n) is 2.90. The molecule has 2 aromatic rings. The van der Waals surface area contributed by atoms with Gasteiger partial charge in [0.2, 0.25) is 0 Å². The highest BCUT2D eigenvalue weighted by Gasteiger charge is 2.12. The summed E-state index contributed by atoms with van der Waals surface area (Å²) in [6.07, 6.45) is 3.52. The lowest BCUT2D eigenvalue weighted by molar-refractivity contribution is 0.0992. The zero-order valence-corrected chi connectivity index (χ0v) is 11.2. The molecule has 0 atom stereocenters. The van der Waals surface area contributed by atoms with Gasteiger partial charge in [0, 0.05) is 24.4 Å². The van der Waals surface area contributed by atoms with Crippen LogP contribution in [0.1, 0.15) is 27.0 Å². The normalized spacial score (nSPS) is 10.4. The number of aryl methyl sites for hydroxylation is 2. The minimum absolute atomic E-state index is 0.0873. The molecule has 0 spiro atoms. The SMILES string of the molecule is Cc1ccc(C)c(C(=O)Cc2ccncc2Cl)c1. The van der Waals surface area contributed by atoms with Gasteiger partial charge in [-0.1, -0.05) is 29.3 Å². The van der Waals surface area contributed by atoms with E-state index >= 15 is 0 Å². The first-order valence-electron chi connectivity index (χ1n) is 5.77. The maximum atomic E-state index is 12.3. The average molecular weight is 260 g/mol. The third kappa shape index (κ3) is 2.77. The number of hydrogen-bond acceptors (Lipinski definition) is 2. The van der Waals surface area contributed by atoms with Crippen LogP contribution in [0.3, 0.4) is 0 Å². The highest BCUT2D eigenvalue weighted by molar-refractivity contribution is 6.31. The molecule has 0 bridgehead atoms. The van der Waals surface area contributed by atoms with E-state index in [9.17, 15) is 4.79 Å². The molecule has 0 saturated carbocycles. The van der Waals surface area contributed by atoms with E-state index in [0.29, 0.717) is 11.4 Å². The molecular weight excluding hydrogens is 246 g/mol. The number of rotatable bonds is 3. The van der Waals surface area contributed by atoms with Crippen molar-refractivity contribution in [1.29, 1.82) is 0 Å². The van der Waals surface area contributed by atoms with Crippen LogP contribution in [0.15, 0.2) is 36.7 Å². The summed E-state index contributed by atoms with van der Waals surface area (Å²) in [7, 11) is 0. The maximum Gasteiger partial charge on any atom is 0.167 e. The number of hydrogen-bond donors (Lipinski definition) is 0. The Bertz CT molecular complexity index is 593. The molecule has 2 rings (SSSR count). The summed E-state index contributed by atoms with van der Waals surface area (Å²) in [6.45, 7) is 3.93. The Morgan fingerprint density at radius 1 is 1.28 bits per heavy atom. The Balaban J connectivity index is 2.28. The Hall–Kier alpha value is -1.67. The minimum Gasteiger partial charge on any atom is -0.294 e. The van der Waals surface area contributed by atoms with Crippen molar-refractivity contribution < 1.29 is 4.79 Å². The fourth-order valence-corrected chi connectivity index (χ4v) is 2.04. The first-order valence-corrected chi connectivity index (χ1v) is 6.14. The predicted octanol–water partition coefficient (Wildman–Crippen LogP) is 3.78. The van der Waals surface area contributed by atoms with Crippen molar-refractivity contribution in [1.82, 2.24) is 4.98 Å². The molecular formula is C15H14ClNO. The number of nitrogens with zero attached hydrogens (tertiary/aromatic N) is 1. The van der Waals surface area contributed by atoms with Gasteiger partial charge in [0.1, 0.15) is 0 Å². The molecule has 0 radical (unpaired) electrons. The number of Topliss-reactive ketones (excluding diaryl/α,β-unsaturated/α-hetero) is 1. The monoisotopic (exact) mass is 259 g/mol. The quantitative estimate of drug-likeness (QED) is 0.786. The largest absolute Gasteiger partial charge is 0.294 e. The fraction of sp³-hybridized carbons (Fsp3) is 0.200. The predicted molar refractivity (Wildman–Crippen MR) is 73.2 cm³/mol. The summed E-state index contributed by atoms with van der Waals surface area (Å²) in [5.74, 6) is 0.0873. The van der Waals surface area contributed by atoms with Crippen LogP contribution in [-0.2, 0) is 6.42 Å². The molecule has 0 aliphatic carbocycles. The van der Waals surface area contributed by atoms with E-state index in [0.717, 1.165) is 22.3 Å². The number of halogens is 1. The number of carbonyl (C=O) groups excluding carboxylic acids is 1. The van der Waals surface area contributed by atoms with Crippen LogP contribution in [0.25, 0.3) is 0 Å². The summed E-state index contributed by atoms with van der Waals surface area (Å²) in [4.78, 5) is 16.2. The van der Waals surface area contributed by atoms with Crippen LogP contribution in [-0.4, -0.2) is 10.8 Å². The number of benzene rings is 1. The van der Waals surface area contributed by atoms with E-state index < -0.39 is 0 Å². The first-order chi connectivity index (χ1) is 8.58. The number of carbonyl (C=O) groups is 1. The summed E-state index contributed by atoms with van der Waals surface area (Å²) < 4.78 is 0. The molecule has 0 amide bonds. The number of ketones is 1. The van der Waals surface area contributed by atoms with Crippen molar-refractivity contribution in [3.63, 3.8) is 0 Å². The molecule has 0 saturated heterocycles. The first kappa shape index (κ1) is 12.8. The lowest BCUT2D eigenvalue weighted by Gasteiger charge is -2.07. The van der Waals surface area contributed by atoms with E-state index in [-0.39, 0.29) is 5.78 Å². The van der Waals surface area contributed by atoms with Gasteiger partial charge in [-0.2, -0.15) is 0 Å². The smallest absolute Gasteiger partial charge is 0.167 e. The van der Waals surface area contributed by atoms with E-state index in [2.05, 4.69) is 4.98 Å². The van der Waals surface area contributed by atoms with Gasteiger partial charge in [-0.25, -0.2) is 0 Å². The standard InChI is InChI=1S/C15H14ClNO/c1-10-3-4-11(2)13(7-10)15(18)8-12-5-6-17-9-14(12)16/h3-7,9H,8H2,1-2H3. The Labute approximate surface area is 112 Å². The molecule has 18 heavy (non-hydrogen) atoms. The molecule has 92 valence electrons. The second-order valence-electron chi connectivity index (χ2n) is 4.39. The Morgan fingerprint density at radius 2 is 2.06 bits per heavy atom. The van der Waals surface area contributed by atoms with Gasteiger partial charge >= 0.3 is 0 Å². The summed E-state index contributed by atoms with van der Waals surface area (Å²) >= 11 is 6.01. The molecule has 1 aromatic heterocycles. The van der Waals surface area contributed by atoms with Gasteiger partial charge in [0.15, 0.2) is 5.78 Å². The Morgan fingerprint density at radius 3 is 2.78 bits per heavy atom. The zero-order valence-electron chi connectivity index (χ0n) is 10.4. The zero-order chi connectivity index (χ0) is 13.1. The van der Waals surface area contributed by atoms with Crippen molar-refractivity contribution in [2.24, 2.45) is 0 Å². The third-order valence-corrected chi connectivity index (χ3v) is 3.24. The molecule has 3 heteroatoms. The van der Waals surface area contributed by atoms with Crippen LogP contribution in [0.5, 0.6) is 0 Å². The van der Waals surface area contributed by atoms with Crippen LogP contribution in [0, 0.1) is 13.8 Å². The second-order valence-corrected chi connectivity index (χ2v) is 4.79. The van der Waals surface area contributed by atoms with Gasteiger partial charge in [-0.05, 0) is 37.1 Å². The van der Waals surface area contributed by atoms with Gasteiger partial charge in [-0.3, -0.25) is 9.78 Å². The second kappa shape index (κ2) is 5.32. The molecule has 0 aliphatic heterocycles. The van der Waals surface area contributed by atoms with Gasteiger partial charge in [-0.15, -0.1) is 0 Å². The van der Waals surface area contributed by atoms with E-state index in [1.165, 1.54) is 0 Å². The summed E-state index contributed by atoms with van der Waals surface area (Å²) in [5, 5.41) is 0.538. The molecule has 2 nitrogen and oxygen atoms in total. The van der Waals surface area contributed by atoms with Crippen molar-refractivity contribution in [3.05, 3.63) is 63.9 Å². The van der Waals surface area contributed by atoms with Crippen LogP contribution < -0.4 is 0 Å². The van der Waals surface area contributed by atoms with E-state index in [1.54, 1.807) is 18.5 Å². The van der Waals surface area contributed by atoms with Crippen molar-refractivity contribution in [3.8, 4) is 0 Å². The summed E-state index contributed by atoms with van der Waals surface area (Å²) in [5.41, 5.74) is 3.67. The highest BCUT2D eigenvalue weighted by atomic mass is 35.5. The lowest BCUT2D eigenvalue weighted by atomic mass is 9.98. The van der Waals surface area contributed by atoms with Crippen LogP contribution in [0.2, 0.25) is 5.02 Å². The van der Waals surface area contributed by atoms with Crippen LogP contribution >= 0.6 is 11.6 Å². The van der Waals surface area contributed by atoms with Crippen molar-refractivity contribution >= 4 is 17.4 Å². The molecule has 0 fully saturated rings. The van der Waals surface area contributed by atoms with E-state index in [4.69, 9.17) is 11.6 Å². The fourth-order valence-electron chi connectivity index (χ4n) is 1.85. The van der Waals surface area contributed by atoms with Gasteiger partial charge < -0.3 is 0 Å². The Kier molecular flexibility index (Phi) is 3.78. The number of pyridine rings is 1. The molecule has 1 heterocycles.